The minimum atomic E-state index is -0.818. The second-order valence-corrected chi connectivity index (χ2v) is 20.9. The zero-order chi connectivity index (χ0) is 52.0. The molecule has 2 aromatic heterocycles. The Morgan fingerprint density at radius 3 is 2.29 bits per heavy atom. The fraction of sp³-hybridized carbons (Fsp3) is 0.582. The Morgan fingerprint density at radius 1 is 0.877 bits per heavy atom. The molecule has 0 bridgehead atoms. The molecule has 18 heteroatoms. The maximum atomic E-state index is 13.9. The number of rotatable bonds is 31. The van der Waals surface area contributed by atoms with E-state index >= 15 is 0 Å². The Hall–Kier alpha value is -5.69. The largest absolute Gasteiger partial charge is 0.493 e. The highest BCUT2D eigenvalue weighted by Crippen LogP contribution is 2.30. The van der Waals surface area contributed by atoms with Gasteiger partial charge in [-0.2, -0.15) is 4.98 Å². The Balaban J connectivity index is 0.771. The van der Waals surface area contributed by atoms with Crippen molar-refractivity contribution < 1.29 is 38.1 Å². The molecule has 1 aliphatic heterocycles. The van der Waals surface area contributed by atoms with E-state index in [4.69, 9.17) is 23.9 Å². The summed E-state index contributed by atoms with van der Waals surface area (Å²) >= 11 is 1.60. The summed E-state index contributed by atoms with van der Waals surface area (Å²) in [5.41, 5.74) is 6.15. The maximum Gasteiger partial charge on any atom is 0.246 e. The molecule has 2 fully saturated rings. The molecule has 3 heterocycles. The van der Waals surface area contributed by atoms with Gasteiger partial charge in [0.05, 0.1) is 22.7 Å². The monoisotopic (exact) mass is 1030 g/mol. The van der Waals surface area contributed by atoms with Crippen LogP contribution in [0, 0.1) is 18.3 Å². The number of nitrogens with one attached hydrogen (secondary N) is 4. The number of thiazole rings is 1. The summed E-state index contributed by atoms with van der Waals surface area (Å²) in [4.78, 5) is 71.0. The molecule has 2 aromatic carbocycles. The number of nitrogens with zero attached hydrogens (tertiary/aromatic N) is 5. The highest BCUT2D eigenvalue weighted by atomic mass is 32.1. The number of carbonyl (C=O) groups is 4. The van der Waals surface area contributed by atoms with Crippen LogP contribution < -0.4 is 26.0 Å². The lowest BCUT2D eigenvalue weighted by atomic mass is 9.84. The van der Waals surface area contributed by atoms with Gasteiger partial charge >= 0.3 is 0 Å². The zero-order valence-electron chi connectivity index (χ0n) is 44.0. The van der Waals surface area contributed by atoms with Gasteiger partial charge in [0.15, 0.2) is 0 Å². The standard InChI is InChI=1S/C55H79N9O8S/c1-7-41-36-58-54(62-50(41)56-25-13-26-63(6)52(67)43-16-10-17-43)60-44-18-11-19-45(34-44)72-33-15-31-70-29-9-8-28-69-30-14-32-71-37-47(65)61-49(55(3,4)5)53(68)64-27-12-20-46(64)51(66)57-35-40-21-23-42(24-22-40)48-39(2)59-38-73-48/h11,18-19,21-24,34,36,38,43,46,49H,7-10,12-17,20,25-33,35,37H2,1-6H3,(H,57,66)(H,61,65)(H2,56,58,60,62)/t46-,49?/m0/s1. The van der Waals surface area contributed by atoms with E-state index in [2.05, 4.69) is 38.2 Å². The molecule has 0 radical (unpaired) electrons. The van der Waals surface area contributed by atoms with Crippen LogP contribution >= 0.6 is 11.3 Å². The molecule has 2 atom stereocenters. The topological polar surface area (TPSA) is 198 Å². The quantitative estimate of drug-likeness (QED) is 0.0353. The summed E-state index contributed by atoms with van der Waals surface area (Å²) < 4.78 is 23.2. The minimum Gasteiger partial charge on any atom is -0.493 e. The van der Waals surface area contributed by atoms with E-state index in [1.165, 1.54) is 0 Å². The third kappa shape index (κ3) is 18.0. The summed E-state index contributed by atoms with van der Waals surface area (Å²) in [5.74, 6) is 1.68. The van der Waals surface area contributed by atoms with Crippen molar-refractivity contribution >= 4 is 52.4 Å². The maximum absolute atomic E-state index is 13.9. The Bertz CT molecular complexity index is 2360. The lowest BCUT2D eigenvalue weighted by Crippen LogP contribution is -2.58. The number of unbranched alkanes of at least 4 members (excludes halogenated alkanes) is 1. The number of aryl methyl sites for hydroxylation is 2. The number of likely N-dealkylation sites (tertiary alicyclic amines) is 1. The predicted octanol–water partition coefficient (Wildman–Crippen LogP) is 8.10. The normalized spacial score (nSPS) is 15.1. The molecule has 2 aliphatic rings. The Labute approximate surface area is 436 Å². The van der Waals surface area contributed by atoms with Gasteiger partial charge in [0.25, 0.3) is 0 Å². The van der Waals surface area contributed by atoms with Crippen LogP contribution in [0.2, 0.25) is 0 Å². The van der Waals surface area contributed by atoms with Crippen LogP contribution in [0.5, 0.6) is 5.75 Å². The fourth-order valence-corrected chi connectivity index (χ4v) is 9.45. The van der Waals surface area contributed by atoms with Gasteiger partial charge in [-0.25, -0.2) is 9.97 Å². The van der Waals surface area contributed by atoms with Crippen molar-refractivity contribution in [3.8, 4) is 16.2 Å². The van der Waals surface area contributed by atoms with Gasteiger partial charge in [0.1, 0.15) is 30.3 Å². The molecule has 398 valence electrons. The van der Waals surface area contributed by atoms with Crippen LogP contribution in [0.4, 0.5) is 17.5 Å². The van der Waals surface area contributed by atoms with Crippen molar-refractivity contribution in [2.75, 3.05) is 83.6 Å². The van der Waals surface area contributed by atoms with Crippen molar-refractivity contribution in [2.24, 2.45) is 11.3 Å². The van der Waals surface area contributed by atoms with Crippen LogP contribution in [0.3, 0.4) is 0 Å². The first-order valence-corrected chi connectivity index (χ1v) is 27.1. The first-order chi connectivity index (χ1) is 35.3. The van der Waals surface area contributed by atoms with E-state index in [0.29, 0.717) is 91.0 Å². The first-order valence-electron chi connectivity index (χ1n) is 26.3. The second-order valence-electron chi connectivity index (χ2n) is 20.0. The average Bonchev–Trinajstić information content (AvgIpc) is 4.04. The molecular weight excluding hydrogens is 947 g/mol. The highest BCUT2D eigenvalue weighted by Gasteiger charge is 2.42. The van der Waals surface area contributed by atoms with Gasteiger partial charge in [0.2, 0.25) is 29.6 Å². The third-order valence-electron chi connectivity index (χ3n) is 13.2. The van der Waals surface area contributed by atoms with Crippen LogP contribution in [-0.4, -0.2) is 133 Å². The third-order valence-corrected chi connectivity index (χ3v) is 14.1. The molecule has 1 aliphatic carbocycles. The van der Waals surface area contributed by atoms with Crippen LogP contribution in [-0.2, 0) is 46.4 Å². The molecule has 4 aromatic rings. The van der Waals surface area contributed by atoms with Gasteiger partial charge in [-0.1, -0.05) is 64.4 Å². The van der Waals surface area contributed by atoms with Gasteiger partial charge in [0, 0.05) is 102 Å². The molecule has 6 rings (SSSR count). The summed E-state index contributed by atoms with van der Waals surface area (Å²) in [6.45, 7) is 15.1. The van der Waals surface area contributed by atoms with Crippen molar-refractivity contribution in [1.29, 1.82) is 0 Å². The smallest absolute Gasteiger partial charge is 0.246 e. The van der Waals surface area contributed by atoms with Gasteiger partial charge in [-0.3, -0.25) is 19.2 Å². The molecule has 17 nitrogen and oxygen atoms in total. The molecular formula is C55H79N9O8S. The fourth-order valence-electron chi connectivity index (χ4n) is 8.64. The van der Waals surface area contributed by atoms with E-state index in [1.807, 2.05) is 99.9 Å². The first kappa shape index (κ1) is 56.6. The SMILES string of the molecule is CCc1cnc(Nc2cccc(OCCCOCCCCOCCCOCC(=O)NC(C(=O)N3CCC[C@H]3C(=O)NCc3ccc(-c4scnc4C)cc3)C(C)(C)C)c2)nc1NCCCN(C)C(=O)C1CCC1. The van der Waals surface area contributed by atoms with Crippen LogP contribution in [0.25, 0.3) is 10.4 Å². The van der Waals surface area contributed by atoms with E-state index < -0.39 is 17.5 Å². The van der Waals surface area contributed by atoms with E-state index in [1.54, 1.807) is 16.2 Å². The molecule has 4 amide bonds. The highest BCUT2D eigenvalue weighted by molar-refractivity contribution is 7.13. The number of amides is 4. The number of anilines is 3. The minimum absolute atomic E-state index is 0.175. The molecule has 0 spiro atoms. The number of hydrogen-bond donors (Lipinski definition) is 4. The number of aromatic nitrogens is 3. The van der Waals surface area contributed by atoms with Crippen LogP contribution in [0.15, 0.2) is 60.2 Å². The average molecular weight is 1030 g/mol. The number of hydrogen-bond acceptors (Lipinski definition) is 14. The second kappa shape index (κ2) is 29.3. The number of carbonyl (C=O) groups excluding carboxylic acids is 4. The van der Waals surface area contributed by atoms with E-state index in [0.717, 1.165) is 95.9 Å². The van der Waals surface area contributed by atoms with Gasteiger partial charge < -0.3 is 50.0 Å². The molecule has 1 saturated carbocycles. The summed E-state index contributed by atoms with van der Waals surface area (Å²) in [6, 6.07) is 14.4. The summed E-state index contributed by atoms with van der Waals surface area (Å²) in [5, 5.41) is 12.7. The zero-order valence-corrected chi connectivity index (χ0v) is 44.8. The Kier molecular flexibility index (Phi) is 22.7. The molecule has 4 N–H and O–H groups in total. The van der Waals surface area contributed by atoms with Crippen molar-refractivity contribution in [1.82, 2.24) is 35.4 Å². The van der Waals surface area contributed by atoms with E-state index in [-0.39, 0.29) is 36.2 Å². The van der Waals surface area contributed by atoms with Crippen LogP contribution in [0.1, 0.15) is 109 Å². The lowest BCUT2D eigenvalue weighted by molar-refractivity contribution is -0.144. The molecule has 1 unspecified atom stereocenters. The summed E-state index contributed by atoms with van der Waals surface area (Å²) in [6.07, 6.45) is 11.1. The van der Waals surface area contributed by atoms with E-state index in [9.17, 15) is 19.2 Å². The molecule has 73 heavy (non-hydrogen) atoms. The summed E-state index contributed by atoms with van der Waals surface area (Å²) in [7, 11) is 1.90. The molecule has 1 saturated heterocycles. The predicted molar refractivity (Wildman–Crippen MR) is 286 cm³/mol. The van der Waals surface area contributed by atoms with Crippen molar-refractivity contribution in [2.45, 2.75) is 124 Å². The lowest BCUT2D eigenvalue weighted by Gasteiger charge is -2.35. The Morgan fingerprint density at radius 2 is 1.60 bits per heavy atom. The van der Waals surface area contributed by atoms with Crippen molar-refractivity contribution in [3.63, 3.8) is 0 Å². The van der Waals surface area contributed by atoms with Crippen molar-refractivity contribution in [3.05, 3.63) is 77.1 Å². The number of ether oxygens (including phenoxy) is 4. The van der Waals surface area contributed by atoms with Gasteiger partial charge in [-0.05, 0) is 93.4 Å². The van der Waals surface area contributed by atoms with Gasteiger partial charge in [-0.15, -0.1) is 11.3 Å². The number of benzene rings is 2.